The lowest BCUT2D eigenvalue weighted by atomic mass is 9.86. The number of nitrogens with zero attached hydrogens (tertiary/aromatic N) is 4. The van der Waals surface area contributed by atoms with Crippen LogP contribution in [-0.2, 0) is 5.54 Å². The fourth-order valence-electron chi connectivity index (χ4n) is 3.34. The van der Waals surface area contributed by atoms with Crippen molar-refractivity contribution in [1.82, 2.24) is 9.88 Å². The lowest BCUT2D eigenvalue weighted by Crippen LogP contribution is -2.44. The highest BCUT2D eigenvalue weighted by Crippen LogP contribution is 2.42. The second kappa shape index (κ2) is 5.53. The predicted molar refractivity (Wildman–Crippen MR) is 98.5 cm³/mol. The van der Waals surface area contributed by atoms with E-state index in [0.29, 0.717) is 0 Å². The van der Waals surface area contributed by atoms with Crippen molar-refractivity contribution in [2.45, 2.75) is 25.8 Å². The van der Waals surface area contributed by atoms with E-state index >= 15 is 0 Å². The molecule has 6 heteroatoms. The zero-order valence-corrected chi connectivity index (χ0v) is 15.5. The van der Waals surface area contributed by atoms with Crippen molar-refractivity contribution in [2.24, 2.45) is 9.98 Å². The van der Waals surface area contributed by atoms with Gasteiger partial charge in [0.05, 0.1) is 10.7 Å². The van der Waals surface area contributed by atoms with Crippen LogP contribution in [0.15, 0.2) is 44.1 Å². The Morgan fingerprint density at radius 1 is 1.30 bits per heavy atom. The van der Waals surface area contributed by atoms with Crippen molar-refractivity contribution >= 4 is 38.9 Å². The number of aromatic nitrogens is 1. The summed E-state index contributed by atoms with van der Waals surface area (Å²) >= 11 is 5.26. The Labute approximate surface area is 148 Å². The fourth-order valence-corrected chi connectivity index (χ4v) is 4.40. The molecule has 0 amide bonds. The molecule has 2 aromatic rings. The Morgan fingerprint density at radius 2 is 2.17 bits per heavy atom. The molecule has 0 aliphatic carbocycles. The maximum absolute atomic E-state index is 5.09. The molecule has 3 heterocycles. The highest BCUT2D eigenvalue weighted by molar-refractivity contribution is 9.10. The second-order valence-electron chi connectivity index (χ2n) is 5.84. The van der Waals surface area contributed by atoms with E-state index in [9.17, 15) is 0 Å². The van der Waals surface area contributed by atoms with Crippen LogP contribution in [0.25, 0.3) is 0 Å². The van der Waals surface area contributed by atoms with Crippen molar-refractivity contribution < 1.29 is 0 Å². The number of benzene rings is 1. The molecular weight excluding hydrogens is 372 g/mol. The smallest absolute Gasteiger partial charge is 0.187 e. The summed E-state index contributed by atoms with van der Waals surface area (Å²) < 4.78 is 1.05. The van der Waals surface area contributed by atoms with Gasteiger partial charge >= 0.3 is 0 Å². The van der Waals surface area contributed by atoms with E-state index in [-0.39, 0.29) is 0 Å². The number of thiazole rings is 1. The number of aryl methyl sites for hydroxylation is 1. The summed E-state index contributed by atoms with van der Waals surface area (Å²) in [6.07, 6.45) is 1.07. The van der Waals surface area contributed by atoms with Crippen LogP contribution in [0.4, 0.5) is 0 Å². The van der Waals surface area contributed by atoms with E-state index in [1.54, 1.807) is 11.3 Å². The monoisotopic (exact) mass is 388 g/mol. The largest absolute Gasteiger partial charge is 0.316 e. The number of hydrogen-bond acceptors (Lipinski definition) is 5. The van der Waals surface area contributed by atoms with Gasteiger partial charge in [0.2, 0.25) is 0 Å². The van der Waals surface area contributed by atoms with Gasteiger partial charge in [0.25, 0.3) is 0 Å². The normalized spacial score (nSPS) is 23.5. The lowest BCUT2D eigenvalue weighted by molar-refractivity contribution is 0.530. The van der Waals surface area contributed by atoms with Gasteiger partial charge in [-0.15, -0.1) is 11.3 Å². The number of aliphatic imine (C=N–C) groups is 2. The molecule has 0 radical (unpaired) electrons. The molecule has 0 fully saturated rings. The van der Waals surface area contributed by atoms with E-state index in [1.807, 2.05) is 13.0 Å². The molecule has 1 atom stereocenters. The Hall–Kier alpha value is -1.53. The van der Waals surface area contributed by atoms with Crippen LogP contribution in [0, 0.1) is 6.92 Å². The van der Waals surface area contributed by atoms with Crippen molar-refractivity contribution in [3.63, 3.8) is 0 Å². The third-order valence-corrected chi connectivity index (χ3v) is 5.60. The van der Waals surface area contributed by atoms with Gasteiger partial charge in [-0.1, -0.05) is 28.1 Å². The van der Waals surface area contributed by atoms with Gasteiger partial charge in [0.1, 0.15) is 11.7 Å². The Bertz CT molecular complexity index is 826. The van der Waals surface area contributed by atoms with Crippen LogP contribution >= 0.6 is 27.3 Å². The maximum Gasteiger partial charge on any atom is 0.187 e. The van der Waals surface area contributed by atoms with E-state index in [4.69, 9.17) is 15.0 Å². The third kappa shape index (κ3) is 2.27. The molecule has 0 bridgehead atoms. The first kappa shape index (κ1) is 15.0. The van der Waals surface area contributed by atoms with Crippen molar-refractivity contribution in [2.75, 3.05) is 13.1 Å². The van der Waals surface area contributed by atoms with Gasteiger partial charge < -0.3 is 4.90 Å². The topological polar surface area (TPSA) is 40.9 Å². The van der Waals surface area contributed by atoms with E-state index in [0.717, 1.165) is 51.9 Å². The maximum atomic E-state index is 5.09. The van der Waals surface area contributed by atoms with E-state index in [2.05, 4.69) is 51.3 Å². The molecule has 2 aliphatic heterocycles. The van der Waals surface area contributed by atoms with Gasteiger partial charge in [0, 0.05) is 22.9 Å². The highest BCUT2D eigenvalue weighted by Gasteiger charge is 2.50. The molecule has 4 nitrogen and oxygen atoms in total. The summed E-state index contributed by atoms with van der Waals surface area (Å²) in [6, 6.07) is 8.34. The molecule has 0 saturated heterocycles. The van der Waals surface area contributed by atoms with E-state index in [1.165, 1.54) is 0 Å². The molecule has 23 heavy (non-hydrogen) atoms. The summed E-state index contributed by atoms with van der Waals surface area (Å²) in [5.41, 5.74) is 1.47. The first-order valence-corrected chi connectivity index (χ1v) is 9.36. The van der Waals surface area contributed by atoms with Gasteiger partial charge in [0.15, 0.2) is 5.54 Å². The van der Waals surface area contributed by atoms with Gasteiger partial charge in [-0.2, -0.15) is 0 Å². The SMILES string of the molecule is CC1=NC(c2cccc(Br)c2)(c2csc(C)n2)C2=NCCCN12. The molecule has 1 aromatic heterocycles. The Kier molecular flexibility index (Phi) is 3.61. The average Bonchev–Trinajstić information content (AvgIpc) is 3.11. The summed E-state index contributed by atoms with van der Waals surface area (Å²) in [5, 5.41) is 3.17. The number of halogens is 1. The summed E-state index contributed by atoms with van der Waals surface area (Å²) in [6.45, 7) is 5.94. The minimum atomic E-state index is -0.612. The van der Waals surface area contributed by atoms with Gasteiger partial charge in [-0.25, -0.2) is 9.98 Å². The van der Waals surface area contributed by atoms with Crippen LogP contribution in [0.2, 0.25) is 0 Å². The Balaban J connectivity index is 2.01. The van der Waals surface area contributed by atoms with Crippen LogP contribution in [0.5, 0.6) is 0 Å². The molecular formula is C17H17BrN4S. The molecule has 4 rings (SSSR count). The van der Waals surface area contributed by atoms with Crippen molar-refractivity contribution in [3.05, 3.63) is 50.4 Å². The molecule has 0 saturated carbocycles. The first-order chi connectivity index (χ1) is 11.1. The van der Waals surface area contributed by atoms with Crippen LogP contribution in [0.1, 0.15) is 29.6 Å². The Morgan fingerprint density at radius 3 is 2.91 bits per heavy atom. The molecule has 0 spiro atoms. The quantitative estimate of drug-likeness (QED) is 0.779. The first-order valence-electron chi connectivity index (χ1n) is 7.69. The standard InChI is InChI=1S/C17H17BrN4S/c1-11-21-17(15-10-23-12(2)20-15,13-5-3-6-14(18)9-13)16-19-7-4-8-22(11)16/h3,5-6,9-10H,4,7-8H2,1-2H3. The average molecular weight is 389 g/mol. The number of hydrogen-bond donors (Lipinski definition) is 0. The molecule has 1 unspecified atom stereocenters. The van der Waals surface area contributed by atoms with E-state index < -0.39 is 5.54 Å². The zero-order valence-electron chi connectivity index (χ0n) is 13.1. The number of fused-ring (bicyclic) bond motifs is 1. The lowest BCUT2D eigenvalue weighted by Gasteiger charge is -2.32. The van der Waals surface area contributed by atoms with Crippen LogP contribution in [-0.4, -0.2) is 34.6 Å². The van der Waals surface area contributed by atoms with Crippen molar-refractivity contribution in [1.29, 1.82) is 0 Å². The predicted octanol–water partition coefficient (Wildman–Crippen LogP) is 3.99. The number of amidine groups is 2. The van der Waals surface area contributed by atoms with Gasteiger partial charge in [-0.3, -0.25) is 4.99 Å². The second-order valence-corrected chi connectivity index (χ2v) is 7.82. The molecule has 0 N–H and O–H groups in total. The highest BCUT2D eigenvalue weighted by atomic mass is 79.9. The number of rotatable bonds is 2. The summed E-state index contributed by atoms with van der Waals surface area (Å²) in [7, 11) is 0. The third-order valence-electron chi connectivity index (χ3n) is 4.33. The van der Waals surface area contributed by atoms with Crippen LogP contribution < -0.4 is 0 Å². The van der Waals surface area contributed by atoms with Gasteiger partial charge in [-0.05, 0) is 38.0 Å². The minimum absolute atomic E-state index is 0.612. The van der Waals surface area contributed by atoms with Crippen LogP contribution in [0.3, 0.4) is 0 Å². The molecule has 118 valence electrons. The molecule has 2 aliphatic rings. The summed E-state index contributed by atoms with van der Waals surface area (Å²) in [5.74, 6) is 2.04. The fraction of sp³-hybridized carbons (Fsp3) is 0.353. The van der Waals surface area contributed by atoms with Crippen molar-refractivity contribution in [3.8, 4) is 0 Å². The summed E-state index contributed by atoms with van der Waals surface area (Å²) in [4.78, 5) is 17.0. The minimum Gasteiger partial charge on any atom is -0.316 e. The molecule has 1 aromatic carbocycles. The zero-order chi connectivity index (χ0) is 16.0.